The van der Waals surface area contributed by atoms with Crippen molar-refractivity contribution in [1.29, 1.82) is 0 Å². The van der Waals surface area contributed by atoms with Gasteiger partial charge in [0.2, 0.25) is 0 Å². The van der Waals surface area contributed by atoms with Gasteiger partial charge in [0, 0.05) is 12.8 Å². The SMILES string of the molecule is CCCCCCCCCOC(=O)CCCCCCCN(CCCC=O)CCCCCCCC(CCCCCCCC)CCCCCCCC. The summed E-state index contributed by atoms with van der Waals surface area (Å²) < 4.78 is 5.44. The average Bonchev–Trinajstić information content (AvgIpc) is 3.10. The molecular formula is C45H89NO3. The smallest absolute Gasteiger partial charge is 0.305 e. The number of hydrogen-bond donors (Lipinski definition) is 0. The summed E-state index contributed by atoms with van der Waals surface area (Å²) in [5, 5.41) is 0. The van der Waals surface area contributed by atoms with Crippen molar-refractivity contribution in [2.24, 2.45) is 5.92 Å². The maximum atomic E-state index is 12.0. The standard InChI is InChI=1S/C45H89NO3/c1-4-7-10-13-16-25-34-43-49-45(48)38-29-22-18-24-31-40-46(41-32-33-42-47)39-30-23-17-21-28-37-44(35-26-19-14-11-8-5-2)36-27-20-15-12-9-6-3/h42,44H,4-41,43H2,1-3H3. The number of nitrogens with zero attached hydrogens (tertiary/aromatic N) is 1. The highest BCUT2D eigenvalue weighted by Gasteiger charge is 2.10. The lowest BCUT2D eigenvalue weighted by Gasteiger charge is -2.22. The van der Waals surface area contributed by atoms with Crippen molar-refractivity contribution in [2.45, 2.75) is 245 Å². The van der Waals surface area contributed by atoms with Gasteiger partial charge < -0.3 is 14.4 Å². The summed E-state index contributed by atoms with van der Waals surface area (Å²) in [6.07, 6.45) is 46.2. The Morgan fingerprint density at radius 1 is 0.469 bits per heavy atom. The first-order chi connectivity index (χ1) is 24.2. The molecule has 0 N–H and O–H groups in total. The molecule has 0 atom stereocenters. The summed E-state index contributed by atoms with van der Waals surface area (Å²) in [6.45, 7) is 10.9. The third kappa shape index (κ3) is 38.2. The number of unbranched alkanes of at least 4 members (excludes halogenated alkanes) is 25. The molecule has 0 aliphatic carbocycles. The van der Waals surface area contributed by atoms with Crippen molar-refractivity contribution >= 4 is 12.3 Å². The van der Waals surface area contributed by atoms with Crippen LogP contribution >= 0.6 is 0 Å². The molecular weight excluding hydrogens is 602 g/mol. The van der Waals surface area contributed by atoms with Crippen LogP contribution in [0.4, 0.5) is 0 Å². The van der Waals surface area contributed by atoms with Crippen LogP contribution in [0.25, 0.3) is 0 Å². The minimum Gasteiger partial charge on any atom is -0.466 e. The molecule has 0 aromatic heterocycles. The van der Waals surface area contributed by atoms with E-state index >= 15 is 0 Å². The third-order valence-corrected chi connectivity index (χ3v) is 10.7. The topological polar surface area (TPSA) is 46.6 Å². The predicted octanol–water partition coefficient (Wildman–Crippen LogP) is 14.4. The van der Waals surface area contributed by atoms with Crippen molar-refractivity contribution in [3.05, 3.63) is 0 Å². The van der Waals surface area contributed by atoms with Gasteiger partial charge in [-0.1, -0.05) is 201 Å². The quantitative estimate of drug-likeness (QED) is 0.0363. The van der Waals surface area contributed by atoms with Crippen LogP contribution in [-0.4, -0.2) is 43.4 Å². The number of carbonyl (C=O) groups excluding carboxylic acids is 2. The monoisotopic (exact) mass is 692 g/mol. The van der Waals surface area contributed by atoms with Crippen LogP contribution in [0.5, 0.6) is 0 Å². The van der Waals surface area contributed by atoms with E-state index in [1.54, 1.807) is 0 Å². The molecule has 0 aliphatic heterocycles. The molecule has 292 valence electrons. The van der Waals surface area contributed by atoms with Gasteiger partial charge in [-0.2, -0.15) is 0 Å². The average molecular weight is 692 g/mol. The summed E-state index contributed by atoms with van der Waals surface area (Å²) in [4.78, 5) is 25.5. The van der Waals surface area contributed by atoms with Crippen LogP contribution < -0.4 is 0 Å². The Morgan fingerprint density at radius 3 is 1.29 bits per heavy atom. The largest absolute Gasteiger partial charge is 0.466 e. The number of carbonyl (C=O) groups is 2. The molecule has 0 spiro atoms. The number of hydrogen-bond acceptors (Lipinski definition) is 4. The van der Waals surface area contributed by atoms with Gasteiger partial charge in [-0.3, -0.25) is 4.79 Å². The Labute approximate surface area is 308 Å². The van der Waals surface area contributed by atoms with E-state index in [2.05, 4.69) is 25.7 Å². The van der Waals surface area contributed by atoms with Crippen molar-refractivity contribution in [3.63, 3.8) is 0 Å². The zero-order chi connectivity index (χ0) is 35.7. The van der Waals surface area contributed by atoms with Gasteiger partial charge >= 0.3 is 5.97 Å². The lowest BCUT2D eigenvalue weighted by atomic mass is 9.89. The minimum absolute atomic E-state index is 0.00603. The molecule has 0 unspecified atom stereocenters. The van der Waals surface area contributed by atoms with Gasteiger partial charge in [-0.05, 0) is 57.7 Å². The molecule has 0 saturated carbocycles. The van der Waals surface area contributed by atoms with Crippen LogP contribution in [0.3, 0.4) is 0 Å². The zero-order valence-electron chi connectivity index (χ0n) is 33.9. The number of esters is 1. The lowest BCUT2D eigenvalue weighted by molar-refractivity contribution is -0.143. The molecule has 0 bridgehead atoms. The van der Waals surface area contributed by atoms with Crippen molar-refractivity contribution in [1.82, 2.24) is 4.90 Å². The molecule has 0 saturated heterocycles. The molecule has 0 aromatic rings. The van der Waals surface area contributed by atoms with E-state index in [0.717, 1.165) is 51.0 Å². The van der Waals surface area contributed by atoms with Crippen molar-refractivity contribution in [2.75, 3.05) is 26.2 Å². The molecule has 0 amide bonds. The van der Waals surface area contributed by atoms with Gasteiger partial charge in [0.25, 0.3) is 0 Å². The fourth-order valence-corrected chi connectivity index (χ4v) is 7.34. The van der Waals surface area contributed by atoms with E-state index in [1.807, 2.05) is 0 Å². The molecule has 0 aromatic carbocycles. The van der Waals surface area contributed by atoms with Crippen molar-refractivity contribution < 1.29 is 14.3 Å². The summed E-state index contributed by atoms with van der Waals surface area (Å²) in [5.41, 5.74) is 0. The van der Waals surface area contributed by atoms with E-state index in [9.17, 15) is 9.59 Å². The van der Waals surface area contributed by atoms with Crippen LogP contribution in [0.15, 0.2) is 0 Å². The Bertz CT molecular complexity index is 637. The molecule has 0 radical (unpaired) electrons. The molecule has 0 aliphatic rings. The van der Waals surface area contributed by atoms with E-state index < -0.39 is 0 Å². The van der Waals surface area contributed by atoms with Crippen LogP contribution in [0.1, 0.15) is 245 Å². The molecule has 4 heteroatoms. The highest BCUT2D eigenvalue weighted by molar-refractivity contribution is 5.69. The third-order valence-electron chi connectivity index (χ3n) is 10.7. The highest BCUT2D eigenvalue weighted by atomic mass is 16.5. The maximum absolute atomic E-state index is 12.0. The van der Waals surface area contributed by atoms with E-state index in [-0.39, 0.29) is 5.97 Å². The van der Waals surface area contributed by atoms with Crippen LogP contribution in [-0.2, 0) is 14.3 Å². The van der Waals surface area contributed by atoms with Crippen molar-refractivity contribution in [3.8, 4) is 0 Å². The zero-order valence-corrected chi connectivity index (χ0v) is 33.9. The first kappa shape index (κ1) is 48.1. The predicted molar refractivity (Wildman–Crippen MR) is 216 cm³/mol. The molecule has 0 rings (SSSR count). The summed E-state index contributed by atoms with van der Waals surface area (Å²) >= 11 is 0. The van der Waals surface area contributed by atoms with E-state index in [4.69, 9.17) is 4.74 Å². The molecule has 4 nitrogen and oxygen atoms in total. The van der Waals surface area contributed by atoms with Gasteiger partial charge in [0.15, 0.2) is 0 Å². The van der Waals surface area contributed by atoms with Crippen LogP contribution in [0.2, 0.25) is 0 Å². The summed E-state index contributed by atoms with van der Waals surface area (Å²) in [5.74, 6) is 0.965. The lowest BCUT2D eigenvalue weighted by Crippen LogP contribution is -2.27. The molecule has 0 heterocycles. The highest BCUT2D eigenvalue weighted by Crippen LogP contribution is 2.25. The minimum atomic E-state index is -0.00603. The Morgan fingerprint density at radius 2 is 0.837 bits per heavy atom. The maximum Gasteiger partial charge on any atom is 0.305 e. The first-order valence-electron chi connectivity index (χ1n) is 22.5. The summed E-state index contributed by atoms with van der Waals surface area (Å²) in [7, 11) is 0. The van der Waals surface area contributed by atoms with Gasteiger partial charge in [-0.25, -0.2) is 0 Å². The normalized spacial score (nSPS) is 11.6. The van der Waals surface area contributed by atoms with Crippen LogP contribution in [0, 0.1) is 5.92 Å². The Balaban J connectivity index is 4.05. The number of aldehydes is 1. The van der Waals surface area contributed by atoms with Gasteiger partial charge in [-0.15, -0.1) is 0 Å². The Hall–Kier alpha value is -0.900. The molecule has 0 fully saturated rings. The fraction of sp³-hybridized carbons (Fsp3) is 0.956. The first-order valence-corrected chi connectivity index (χ1v) is 22.5. The molecule has 49 heavy (non-hydrogen) atoms. The van der Waals surface area contributed by atoms with Gasteiger partial charge in [0.05, 0.1) is 6.61 Å². The summed E-state index contributed by atoms with van der Waals surface area (Å²) in [6, 6.07) is 0. The number of ether oxygens (including phenoxy) is 1. The van der Waals surface area contributed by atoms with Gasteiger partial charge in [0.1, 0.15) is 6.29 Å². The van der Waals surface area contributed by atoms with E-state index in [1.165, 1.54) is 193 Å². The Kier molecular flexibility index (Phi) is 40.8. The number of rotatable bonds is 42. The fourth-order valence-electron chi connectivity index (χ4n) is 7.34. The second-order valence-corrected chi connectivity index (χ2v) is 15.5. The van der Waals surface area contributed by atoms with E-state index in [0.29, 0.717) is 19.4 Å². The second kappa shape index (κ2) is 41.5. The second-order valence-electron chi connectivity index (χ2n) is 15.5.